The van der Waals surface area contributed by atoms with E-state index in [1.807, 2.05) is 24.3 Å². The molecule has 0 bridgehead atoms. The van der Waals surface area contributed by atoms with Crippen molar-refractivity contribution in [3.8, 4) is 11.8 Å². The monoisotopic (exact) mass is 299 g/mol. The van der Waals surface area contributed by atoms with Gasteiger partial charge in [-0.05, 0) is 38.1 Å². The third-order valence-corrected chi connectivity index (χ3v) is 3.90. The van der Waals surface area contributed by atoms with Gasteiger partial charge in [-0.1, -0.05) is 6.07 Å². The van der Waals surface area contributed by atoms with Gasteiger partial charge in [0.15, 0.2) is 0 Å². The molecular formula is C17H21N3O2. The van der Waals surface area contributed by atoms with Crippen LogP contribution in [0.3, 0.4) is 0 Å². The summed E-state index contributed by atoms with van der Waals surface area (Å²) >= 11 is 0. The SMILES string of the molecule is COc1ccc(COc2cccc(C3CCNCC3)n2)cn1. The highest BCUT2D eigenvalue weighted by Crippen LogP contribution is 2.25. The zero-order valence-corrected chi connectivity index (χ0v) is 12.8. The molecular weight excluding hydrogens is 278 g/mol. The summed E-state index contributed by atoms with van der Waals surface area (Å²) < 4.78 is 10.8. The molecule has 1 saturated heterocycles. The lowest BCUT2D eigenvalue weighted by Gasteiger charge is -2.22. The van der Waals surface area contributed by atoms with Crippen molar-refractivity contribution in [2.75, 3.05) is 20.2 Å². The molecule has 0 spiro atoms. The fourth-order valence-electron chi connectivity index (χ4n) is 2.63. The average Bonchev–Trinajstić information content (AvgIpc) is 2.61. The van der Waals surface area contributed by atoms with Crippen LogP contribution in [0.1, 0.15) is 30.0 Å². The van der Waals surface area contributed by atoms with Crippen LogP contribution < -0.4 is 14.8 Å². The molecule has 1 aliphatic rings. The number of pyridine rings is 2. The van der Waals surface area contributed by atoms with Crippen molar-refractivity contribution in [1.82, 2.24) is 15.3 Å². The molecule has 116 valence electrons. The van der Waals surface area contributed by atoms with Gasteiger partial charge in [0.05, 0.1) is 7.11 Å². The number of rotatable bonds is 5. The van der Waals surface area contributed by atoms with Crippen LogP contribution in [0.25, 0.3) is 0 Å². The van der Waals surface area contributed by atoms with Crippen molar-refractivity contribution < 1.29 is 9.47 Å². The average molecular weight is 299 g/mol. The lowest BCUT2D eigenvalue weighted by Crippen LogP contribution is -2.27. The minimum atomic E-state index is 0.458. The maximum absolute atomic E-state index is 5.79. The highest BCUT2D eigenvalue weighted by Gasteiger charge is 2.16. The highest BCUT2D eigenvalue weighted by atomic mass is 16.5. The molecule has 0 atom stereocenters. The molecule has 0 radical (unpaired) electrons. The normalized spacial score (nSPS) is 15.5. The number of hydrogen-bond acceptors (Lipinski definition) is 5. The number of ether oxygens (including phenoxy) is 2. The Morgan fingerprint density at radius 2 is 2.00 bits per heavy atom. The van der Waals surface area contributed by atoms with Crippen LogP contribution >= 0.6 is 0 Å². The van der Waals surface area contributed by atoms with E-state index < -0.39 is 0 Å². The van der Waals surface area contributed by atoms with Crippen molar-refractivity contribution in [2.45, 2.75) is 25.4 Å². The lowest BCUT2D eigenvalue weighted by molar-refractivity contribution is 0.290. The second-order valence-corrected chi connectivity index (χ2v) is 5.42. The molecule has 5 heteroatoms. The van der Waals surface area contributed by atoms with Gasteiger partial charge < -0.3 is 14.8 Å². The molecule has 22 heavy (non-hydrogen) atoms. The summed E-state index contributed by atoms with van der Waals surface area (Å²) in [6.45, 7) is 2.59. The van der Waals surface area contributed by atoms with E-state index in [1.54, 1.807) is 13.3 Å². The Morgan fingerprint density at radius 1 is 1.14 bits per heavy atom. The van der Waals surface area contributed by atoms with Crippen LogP contribution in [0.2, 0.25) is 0 Å². The molecule has 0 aliphatic carbocycles. The Kier molecular flexibility index (Phi) is 4.85. The number of hydrogen-bond donors (Lipinski definition) is 1. The third-order valence-electron chi connectivity index (χ3n) is 3.90. The van der Waals surface area contributed by atoms with Crippen LogP contribution in [-0.4, -0.2) is 30.2 Å². The first kappa shape index (κ1) is 14.8. The Morgan fingerprint density at radius 3 is 2.73 bits per heavy atom. The summed E-state index contributed by atoms with van der Waals surface area (Å²) in [5.41, 5.74) is 2.13. The number of methoxy groups -OCH3 is 1. The highest BCUT2D eigenvalue weighted by molar-refractivity contribution is 5.21. The zero-order chi connectivity index (χ0) is 15.2. The van der Waals surface area contributed by atoms with E-state index in [4.69, 9.17) is 9.47 Å². The summed E-state index contributed by atoms with van der Waals surface area (Å²) in [5.74, 6) is 1.81. The quantitative estimate of drug-likeness (QED) is 0.919. The van der Waals surface area contributed by atoms with Crippen LogP contribution in [0.4, 0.5) is 0 Å². The van der Waals surface area contributed by atoms with E-state index in [9.17, 15) is 0 Å². The molecule has 1 fully saturated rings. The van der Waals surface area contributed by atoms with Gasteiger partial charge in [-0.2, -0.15) is 0 Å². The van der Waals surface area contributed by atoms with Gasteiger partial charge in [-0.15, -0.1) is 0 Å². The van der Waals surface area contributed by atoms with E-state index in [0.29, 0.717) is 24.3 Å². The fourth-order valence-corrected chi connectivity index (χ4v) is 2.63. The summed E-state index contributed by atoms with van der Waals surface area (Å²) in [4.78, 5) is 8.82. The molecule has 1 N–H and O–H groups in total. The summed E-state index contributed by atoms with van der Waals surface area (Å²) in [7, 11) is 1.61. The van der Waals surface area contributed by atoms with E-state index in [-0.39, 0.29) is 0 Å². The van der Waals surface area contributed by atoms with Gasteiger partial charge >= 0.3 is 0 Å². The van der Waals surface area contributed by atoms with E-state index in [1.165, 1.54) is 0 Å². The van der Waals surface area contributed by atoms with Crippen molar-refractivity contribution in [2.24, 2.45) is 0 Å². The molecule has 5 nitrogen and oxygen atoms in total. The molecule has 1 aliphatic heterocycles. The van der Waals surface area contributed by atoms with Gasteiger partial charge in [0, 0.05) is 35.5 Å². The Labute approximate surface area is 130 Å². The molecule has 3 rings (SSSR count). The number of nitrogens with zero attached hydrogens (tertiary/aromatic N) is 2. The second-order valence-electron chi connectivity index (χ2n) is 5.42. The molecule has 2 aromatic heterocycles. The van der Waals surface area contributed by atoms with Gasteiger partial charge in [0.1, 0.15) is 6.61 Å². The first-order chi connectivity index (χ1) is 10.8. The van der Waals surface area contributed by atoms with Gasteiger partial charge in [-0.25, -0.2) is 9.97 Å². The standard InChI is InChI=1S/C17H21N3O2/c1-21-16-6-5-13(11-19-16)12-22-17-4-2-3-15(20-17)14-7-9-18-10-8-14/h2-6,11,14,18H,7-10,12H2,1H3. The maximum atomic E-state index is 5.79. The van der Waals surface area contributed by atoms with E-state index >= 15 is 0 Å². The number of aromatic nitrogens is 2. The van der Waals surface area contributed by atoms with Crippen molar-refractivity contribution in [3.05, 3.63) is 47.8 Å². The van der Waals surface area contributed by atoms with Crippen molar-refractivity contribution in [1.29, 1.82) is 0 Å². The molecule has 0 saturated carbocycles. The summed E-state index contributed by atoms with van der Waals surface area (Å²) in [6, 6.07) is 9.80. The first-order valence-corrected chi connectivity index (χ1v) is 7.64. The summed E-state index contributed by atoms with van der Waals surface area (Å²) in [6.07, 6.45) is 4.03. The molecule has 0 aromatic carbocycles. The molecule has 2 aromatic rings. The van der Waals surface area contributed by atoms with E-state index in [0.717, 1.165) is 37.2 Å². The zero-order valence-electron chi connectivity index (χ0n) is 12.8. The smallest absolute Gasteiger partial charge is 0.213 e. The van der Waals surface area contributed by atoms with Crippen molar-refractivity contribution >= 4 is 0 Å². The maximum Gasteiger partial charge on any atom is 0.213 e. The van der Waals surface area contributed by atoms with E-state index in [2.05, 4.69) is 21.4 Å². The summed E-state index contributed by atoms with van der Waals surface area (Å²) in [5, 5.41) is 3.38. The topological polar surface area (TPSA) is 56.3 Å². The predicted octanol–water partition coefficient (Wildman–Crippen LogP) is 2.53. The largest absolute Gasteiger partial charge is 0.481 e. The molecule has 0 amide bonds. The fraction of sp³-hybridized carbons (Fsp3) is 0.412. The Balaban J connectivity index is 1.62. The van der Waals surface area contributed by atoms with Gasteiger partial charge in [0.25, 0.3) is 0 Å². The third kappa shape index (κ3) is 3.74. The minimum Gasteiger partial charge on any atom is -0.481 e. The number of piperidine rings is 1. The molecule has 0 unspecified atom stereocenters. The molecule has 3 heterocycles. The van der Waals surface area contributed by atoms with Crippen molar-refractivity contribution in [3.63, 3.8) is 0 Å². The van der Waals surface area contributed by atoms with Crippen LogP contribution in [0.5, 0.6) is 11.8 Å². The second kappa shape index (κ2) is 7.22. The van der Waals surface area contributed by atoms with Gasteiger partial charge in [-0.3, -0.25) is 0 Å². The lowest BCUT2D eigenvalue weighted by atomic mass is 9.94. The van der Waals surface area contributed by atoms with Crippen LogP contribution in [0.15, 0.2) is 36.5 Å². The minimum absolute atomic E-state index is 0.458. The van der Waals surface area contributed by atoms with Gasteiger partial charge in [0.2, 0.25) is 11.8 Å². The number of nitrogens with one attached hydrogen (secondary N) is 1. The Hall–Kier alpha value is -2.14. The first-order valence-electron chi connectivity index (χ1n) is 7.64. The Bertz CT molecular complexity index is 595. The predicted molar refractivity (Wildman–Crippen MR) is 84.2 cm³/mol. The van der Waals surface area contributed by atoms with Crippen LogP contribution in [-0.2, 0) is 6.61 Å². The van der Waals surface area contributed by atoms with Crippen LogP contribution in [0, 0.1) is 0 Å².